The monoisotopic (exact) mass is 399 g/mol. The van der Waals surface area contributed by atoms with E-state index in [4.69, 9.17) is 9.47 Å². The normalized spacial score (nSPS) is 29.9. The summed E-state index contributed by atoms with van der Waals surface area (Å²) in [6, 6.07) is 7.39. The molecule has 1 aromatic heterocycles. The highest BCUT2D eigenvalue weighted by atomic mass is 32.1. The van der Waals surface area contributed by atoms with Gasteiger partial charge in [-0.2, -0.15) is 0 Å². The van der Waals surface area contributed by atoms with Gasteiger partial charge in [0, 0.05) is 25.4 Å². The Kier molecular flexibility index (Phi) is 4.21. The second-order valence-corrected chi connectivity index (χ2v) is 8.81. The molecular weight excluding hydrogens is 378 g/mol. The van der Waals surface area contributed by atoms with Gasteiger partial charge in [-0.1, -0.05) is 23.5 Å². The van der Waals surface area contributed by atoms with E-state index in [1.807, 2.05) is 24.3 Å². The summed E-state index contributed by atoms with van der Waals surface area (Å²) in [7, 11) is 1.64. The van der Waals surface area contributed by atoms with Crippen molar-refractivity contribution in [1.82, 2.24) is 10.2 Å². The maximum atomic E-state index is 12.8. The molecule has 1 N–H and O–H groups in total. The van der Waals surface area contributed by atoms with Crippen LogP contribution in [-0.2, 0) is 16.0 Å². The molecule has 2 saturated carbocycles. The number of amides is 1. The molecule has 8 heteroatoms. The Balaban J connectivity index is 1.29. The van der Waals surface area contributed by atoms with Crippen molar-refractivity contribution in [3.63, 3.8) is 0 Å². The van der Waals surface area contributed by atoms with Crippen molar-refractivity contribution in [3.8, 4) is 5.75 Å². The number of nitrogens with one attached hydrogen (secondary N) is 1. The SMILES string of the molecule is COCCc1nnc(NC(=O)[C@@H]2[C@@H]3CC[C@@]4(CC(=O)c5ccccc5O4)[C@H]32)s1. The highest BCUT2D eigenvalue weighted by Crippen LogP contribution is 2.65. The second-order valence-electron chi connectivity index (χ2n) is 7.75. The van der Waals surface area contributed by atoms with Crippen molar-refractivity contribution in [2.75, 3.05) is 19.0 Å². The zero-order chi connectivity index (χ0) is 19.3. The Morgan fingerprint density at radius 1 is 1.39 bits per heavy atom. The predicted molar refractivity (Wildman–Crippen MR) is 103 cm³/mol. The number of hydrogen-bond donors (Lipinski definition) is 1. The maximum Gasteiger partial charge on any atom is 0.230 e. The first-order valence-corrected chi connectivity index (χ1v) is 10.4. The van der Waals surface area contributed by atoms with Crippen molar-refractivity contribution in [3.05, 3.63) is 34.8 Å². The summed E-state index contributed by atoms with van der Waals surface area (Å²) in [6.07, 6.45) is 2.77. The summed E-state index contributed by atoms with van der Waals surface area (Å²) in [5.41, 5.74) is 0.110. The molecular formula is C20H21N3O4S. The Morgan fingerprint density at radius 3 is 3.11 bits per heavy atom. The molecule has 2 aromatic rings. The number of aromatic nitrogens is 2. The van der Waals surface area contributed by atoms with Crippen LogP contribution in [0.25, 0.3) is 0 Å². The van der Waals surface area contributed by atoms with Crippen molar-refractivity contribution in [1.29, 1.82) is 0 Å². The molecule has 2 fully saturated rings. The summed E-state index contributed by atoms with van der Waals surface area (Å²) in [5.74, 6) is 0.957. The lowest BCUT2D eigenvalue weighted by atomic mass is 9.84. The molecule has 1 spiro atoms. The number of carbonyl (C=O) groups excluding carboxylic acids is 2. The average molecular weight is 399 g/mol. The van der Waals surface area contributed by atoms with Crippen molar-refractivity contribution >= 4 is 28.2 Å². The first kappa shape index (κ1) is 17.8. The van der Waals surface area contributed by atoms with Crippen LogP contribution >= 0.6 is 11.3 Å². The van der Waals surface area contributed by atoms with Crippen LogP contribution in [0.3, 0.4) is 0 Å². The highest BCUT2D eigenvalue weighted by Gasteiger charge is 2.70. The van der Waals surface area contributed by atoms with Gasteiger partial charge in [-0.25, -0.2) is 0 Å². The topological polar surface area (TPSA) is 90.4 Å². The third kappa shape index (κ3) is 2.82. The summed E-state index contributed by atoms with van der Waals surface area (Å²) in [5, 5.41) is 12.4. The van der Waals surface area contributed by atoms with Crippen LogP contribution in [0, 0.1) is 17.8 Å². The van der Waals surface area contributed by atoms with Crippen molar-refractivity contribution in [2.45, 2.75) is 31.3 Å². The molecule has 4 atom stereocenters. The van der Waals surface area contributed by atoms with Gasteiger partial charge in [0.05, 0.1) is 18.6 Å². The number of nitrogens with zero attached hydrogens (tertiary/aromatic N) is 2. The fraction of sp³-hybridized carbons (Fsp3) is 0.500. The standard InChI is InChI=1S/C20H21N3O4S/c1-26-9-7-15-22-23-19(28-15)21-18(25)16-12-6-8-20(17(12)16)10-13(24)11-4-2-3-5-14(11)27-20/h2-5,12,16-17H,6-10H2,1H3,(H,21,23,25)/t12-,16+,17+,20+/m0/s1. The molecule has 1 amide bonds. The Bertz CT molecular complexity index is 945. The summed E-state index contributed by atoms with van der Waals surface area (Å²) >= 11 is 1.37. The Hall–Kier alpha value is -2.32. The minimum atomic E-state index is -0.539. The number of anilines is 1. The zero-order valence-electron chi connectivity index (χ0n) is 15.5. The van der Waals surface area contributed by atoms with E-state index in [2.05, 4.69) is 15.5 Å². The largest absolute Gasteiger partial charge is 0.486 e. The molecule has 2 heterocycles. The third-order valence-electron chi connectivity index (χ3n) is 6.16. The minimum absolute atomic E-state index is 0.0431. The molecule has 2 aliphatic carbocycles. The van der Waals surface area contributed by atoms with Crippen molar-refractivity contribution in [2.24, 2.45) is 17.8 Å². The van der Waals surface area contributed by atoms with Gasteiger partial charge < -0.3 is 14.8 Å². The number of carbonyl (C=O) groups is 2. The van der Waals surface area contributed by atoms with E-state index in [1.54, 1.807) is 7.11 Å². The van der Waals surface area contributed by atoms with E-state index < -0.39 is 5.60 Å². The summed E-state index contributed by atoms with van der Waals surface area (Å²) < 4.78 is 11.4. The van der Waals surface area contributed by atoms with Gasteiger partial charge in [-0.15, -0.1) is 10.2 Å². The van der Waals surface area contributed by atoms with Gasteiger partial charge in [-0.05, 0) is 30.9 Å². The number of Topliss-reactive ketones (excluding diaryl/α,β-unsaturated/α-hetero) is 1. The van der Waals surface area contributed by atoms with E-state index in [9.17, 15) is 9.59 Å². The molecule has 5 rings (SSSR count). The van der Waals surface area contributed by atoms with Crippen LogP contribution in [0.2, 0.25) is 0 Å². The van der Waals surface area contributed by atoms with Gasteiger partial charge in [-0.3, -0.25) is 9.59 Å². The highest BCUT2D eigenvalue weighted by molar-refractivity contribution is 7.15. The molecule has 1 aliphatic heterocycles. The number of ether oxygens (including phenoxy) is 2. The lowest BCUT2D eigenvalue weighted by molar-refractivity contribution is -0.119. The van der Waals surface area contributed by atoms with Crippen LogP contribution < -0.4 is 10.1 Å². The van der Waals surface area contributed by atoms with Crippen LogP contribution in [0.4, 0.5) is 5.13 Å². The minimum Gasteiger partial charge on any atom is -0.486 e. The number of methoxy groups -OCH3 is 1. The predicted octanol–water partition coefficient (Wildman–Crippen LogP) is 2.73. The lowest BCUT2D eigenvalue weighted by Gasteiger charge is -2.37. The number of ketones is 1. The average Bonchev–Trinajstić information content (AvgIpc) is 3.12. The van der Waals surface area contributed by atoms with Gasteiger partial charge >= 0.3 is 0 Å². The van der Waals surface area contributed by atoms with Crippen LogP contribution in [0.15, 0.2) is 24.3 Å². The number of fused-ring (bicyclic) bond motifs is 3. The molecule has 0 bridgehead atoms. The molecule has 28 heavy (non-hydrogen) atoms. The second kappa shape index (κ2) is 6.63. The lowest BCUT2D eigenvalue weighted by Crippen LogP contribution is -2.44. The van der Waals surface area contributed by atoms with Gasteiger partial charge in [0.1, 0.15) is 16.4 Å². The first-order valence-electron chi connectivity index (χ1n) is 9.55. The number of para-hydroxylation sites is 1. The maximum absolute atomic E-state index is 12.8. The van der Waals surface area contributed by atoms with Gasteiger partial charge in [0.25, 0.3) is 0 Å². The van der Waals surface area contributed by atoms with Crippen LogP contribution in [-0.4, -0.2) is 41.2 Å². The third-order valence-corrected chi connectivity index (χ3v) is 7.06. The molecule has 0 saturated heterocycles. The van der Waals surface area contributed by atoms with E-state index in [0.29, 0.717) is 35.9 Å². The molecule has 0 radical (unpaired) electrons. The number of rotatable bonds is 5. The molecule has 0 unspecified atom stereocenters. The molecule has 146 valence electrons. The zero-order valence-corrected chi connectivity index (χ0v) is 16.3. The van der Waals surface area contributed by atoms with Gasteiger partial charge in [0.15, 0.2) is 5.78 Å². The van der Waals surface area contributed by atoms with Crippen LogP contribution in [0.1, 0.15) is 34.6 Å². The first-order chi connectivity index (χ1) is 13.6. The number of hydrogen-bond acceptors (Lipinski definition) is 7. The van der Waals surface area contributed by atoms with Gasteiger partial charge in [0.2, 0.25) is 11.0 Å². The van der Waals surface area contributed by atoms with E-state index in [1.165, 1.54) is 11.3 Å². The molecule has 3 aliphatic rings. The quantitative estimate of drug-likeness (QED) is 0.831. The fourth-order valence-corrected chi connectivity index (χ4v) is 5.63. The summed E-state index contributed by atoms with van der Waals surface area (Å²) in [4.78, 5) is 25.5. The fourth-order valence-electron chi connectivity index (χ4n) is 4.90. The summed E-state index contributed by atoms with van der Waals surface area (Å²) in [6.45, 7) is 0.574. The number of benzene rings is 1. The smallest absolute Gasteiger partial charge is 0.230 e. The Labute approximate surface area is 166 Å². The molecule has 1 aromatic carbocycles. The van der Waals surface area contributed by atoms with Crippen molar-refractivity contribution < 1.29 is 19.1 Å². The van der Waals surface area contributed by atoms with Crippen LogP contribution in [0.5, 0.6) is 5.75 Å². The Morgan fingerprint density at radius 2 is 2.25 bits per heavy atom. The van der Waals surface area contributed by atoms with E-state index in [-0.39, 0.29) is 29.4 Å². The van der Waals surface area contributed by atoms with E-state index in [0.717, 1.165) is 17.8 Å². The van der Waals surface area contributed by atoms with E-state index >= 15 is 0 Å². The molecule has 7 nitrogen and oxygen atoms in total.